The average molecular weight is 416 g/mol. The molecule has 3 aliphatic rings. The second-order valence-electron chi connectivity index (χ2n) is 6.88. The number of amides is 1. The van der Waals surface area contributed by atoms with E-state index >= 15 is 0 Å². The number of fused-ring (bicyclic) bond motifs is 1. The zero-order valence-electron chi connectivity index (χ0n) is 15.5. The lowest BCUT2D eigenvalue weighted by atomic mass is 9.79. The highest BCUT2D eigenvalue weighted by atomic mass is 32.2. The first-order valence-corrected chi connectivity index (χ1v) is 10.8. The van der Waals surface area contributed by atoms with Gasteiger partial charge in [0, 0.05) is 35.5 Å². The Balaban J connectivity index is 1.69. The van der Waals surface area contributed by atoms with Crippen LogP contribution in [0.1, 0.15) is 13.8 Å². The van der Waals surface area contributed by atoms with Crippen LogP contribution >= 0.6 is 23.5 Å². The van der Waals surface area contributed by atoms with Gasteiger partial charge in [-0.05, 0) is 6.92 Å². The Kier molecular flexibility index (Phi) is 6.39. The van der Waals surface area contributed by atoms with Gasteiger partial charge in [-0.2, -0.15) is 0 Å². The number of aliphatic hydroxyl groups excluding tert-OH is 1. The Morgan fingerprint density at radius 2 is 2.26 bits per heavy atom. The minimum atomic E-state index is -1.09. The van der Waals surface area contributed by atoms with Gasteiger partial charge in [-0.3, -0.25) is 9.79 Å². The quantitative estimate of drug-likeness (QED) is 0.409. The topological polar surface area (TPSA) is 111 Å². The molecule has 3 heterocycles. The van der Waals surface area contributed by atoms with Gasteiger partial charge in [-0.1, -0.05) is 18.7 Å². The van der Waals surface area contributed by atoms with Crippen molar-refractivity contribution in [3.05, 3.63) is 10.6 Å². The molecule has 0 spiro atoms. The monoisotopic (exact) mass is 415 g/mol. The van der Waals surface area contributed by atoms with Gasteiger partial charge in [0.25, 0.3) is 0 Å². The summed E-state index contributed by atoms with van der Waals surface area (Å²) in [6, 6.07) is -0.272. The van der Waals surface area contributed by atoms with Gasteiger partial charge in [-0.25, -0.2) is 4.79 Å². The van der Waals surface area contributed by atoms with Gasteiger partial charge in [0.15, 0.2) is 5.17 Å². The van der Waals surface area contributed by atoms with E-state index in [1.165, 1.54) is 16.7 Å². The number of aliphatic carboxylic acids is 1. The number of aliphatic imine (C=N–C) groups is 1. The number of carboxylic acid groups (broad SMARTS) is 1. The Bertz CT molecular complexity index is 681. The number of methoxy groups -OCH3 is 1. The Labute approximate surface area is 166 Å². The van der Waals surface area contributed by atoms with Gasteiger partial charge in [0.1, 0.15) is 5.70 Å². The molecule has 8 nitrogen and oxygen atoms in total. The number of ether oxygens (including phenoxy) is 1. The lowest BCUT2D eigenvalue weighted by Gasteiger charge is -2.46. The van der Waals surface area contributed by atoms with Crippen LogP contribution in [0.15, 0.2) is 15.6 Å². The highest BCUT2D eigenvalue weighted by Gasteiger charge is 2.60. The van der Waals surface area contributed by atoms with Crippen LogP contribution in [0.4, 0.5) is 0 Å². The molecule has 3 N–H and O–H groups in total. The zero-order valence-corrected chi connectivity index (χ0v) is 17.2. The largest absolute Gasteiger partial charge is 0.477 e. The van der Waals surface area contributed by atoms with Crippen molar-refractivity contribution in [3.63, 3.8) is 0 Å². The van der Waals surface area contributed by atoms with Crippen LogP contribution in [0, 0.1) is 11.8 Å². The van der Waals surface area contributed by atoms with Gasteiger partial charge in [0.05, 0.1) is 31.2 Å². The molecule has 0 aromatic heterocycles. The Morgan fingerprint density at radius 3 is 2.81 bits per heavy atom. The van der Waals surface area contributed by atoms with E-state index < -0.39 is 18.0 Å². The molecule has 0 saturated carbocycles. The van der Waals surface area contributed by atoms with Crippen molar-refractivity contribution in [3.8, 4) is 0 Å². The number of carbonyl (C=O) groups excluding carboxylic acids is 1. The third-order valence-electron chi connectivity index (χ3n) is 5.05. The van der Waals surface area contributed by atoms with E-state index in [1.54, 1.807) is 25.8 Å². The second kappa shape index (κ2) is 8.42. The van der Waals surface area contributed by atoms with Crippen molar-refractivity contribution in [2.45, 2.75) is 31.2 Å². The summed E-state index contributed by atoms with van der Waals surface area (Å²) >= 11 is 3.09. The molecule has 1 unspecified atom stereocenters. The van der Waals surface area contributed by atoms with E-state index in [1.807, 2.05) is 6.92 Å². The van der Waals surface area contributed by atoms with Gasteiger partial charge < -0.3 is 25.2 Å². The molecule has 1 fully saturated rings. The second-order valence-corrected chi connectivity index (χ2v) is 9.31. The first-order valence-electron chi connectivity index (χ1n) is 8.92. The molecule has 5 atom stereocenters. The number of carboxylic acids is 1. The third-order valence-corrected chi connectivity index (χ3v) is 7.44. The van der Waals surface area contributed by atoms with Gasteiger partial charge in [-0.15, -0.1) is 11.8 Å². The summed E-state index contributed by atoms with van der Waals surface area (Å²) in [6.07, 6.45) is -0.784. The number of hydrogen-bond acceptors (Lipinski definition) is 8. The van der Waals surface area contributed by atoms with Gasteiger partial charge in [0.2, 0.25) is 5.91 Å². The van der Waals surface area contributed by atoms with Crippen molar-refractivity contribution >= 4 is 40.6 Å². The van der Waals surface area contributed by atoms with E-state index in [-0.39, 0.29) is 28.8 Å². The number of rotatable bonds is 7. The first kappa shape index (κ1) is 20.5. The number of thioether (sulfide) groups is 2. The van der Waals surface area contributed by atoms with Crippen molar-refractivity contribution in [1.29, 1.82) is 0 Å². The van der Waals surface area contributed by atoms with Crippen LogP contribution < -0.4 is 5.32 Å². The fourth-order valence-electron chi connectivity index (χ4n) is 3.76. The van der Waals surface area contributed by atoms with Crippen molar-refractivity contribution < 1.29 is 24.5 Å². The van der Waals surface area contributed by atoms with Crippen molar-refractivity contribution in [1.82, 2.24) is 10.2 Å². The van der Waals surface area contributed by atoms with E-state index in [0.717, 1.165) is 10.9 Å². The lowest BCUT2D eigenvalue weighted by molar-refractivity contribution is -0.163. The number of hydrogen-bond donors (Lipinski definition) is 3. The molecule has 3 aliphatic heterocycles. The smallest absolute Gasteiger partial charge is 0.353 e. The first-order chi connectivity index (χ1) is 12.9. The number of nitrogens with one attached hydrogen (secondary N) is 1. The summed E-state index contributed by atoms with van der Waals surface area (Å²) in [5.41, 5.74) is 0.0728. The summed E-state index contributed by atoms with van der Waals surface area (Å²) < 4.78 is 5.03. The molecule has 1 amide bonds. The molecular formula is C17H25N3O5S2. The number of nitrogens with zero attached hydrogens (tertiary/aromatic N) is 2. The lowest BCUT2D eigenvalue weighted by Crippen LogP contribution is -2.63. The van der Waals surface area contributed by atoms with Crippen LogP contribution in [0.3, 0.4) is 0 Å². The molecule has 0 aliphatic carbocycles. The summed E-state index contributed by atoms with van der Waals surface area (Å²) in [7, 11) is 1.66. The Morgan fingerprint density at radius 1 is 1.52 bits per heavy atom. The maximum absolute atomic E-state index is 12.4. The number of aliphatic hydroxyl groups is 1. The van der Waals surface area contributed by atoms with Crippen LogP contribution in [-0.4, -0.2) is 82.1 Å². The van der Waals surface area contributed by atoms with E-state index in [4.69, 9.17) is 4.74 Å². The molecule has 10 heteroatoms. The maximum Gasteiger partial charge on any atom is 0.353 e. The maximum atomic E-state index is 12.4. The minimum Gasteiger partial charge on any atom is -0.477 e. The molecule has 0 radical (unpaired) electrons. The molecular weight excluding hydrogens is 390 g/mol. The van der Waals surface area contributed by atoms with E-state index in [0.29, 0.717) is 24.6 Å². The molecule has 0 aromatic carbocycles. The molecule has 27 heavy (non-hydrogen) atoms. The zero-order chi connectivity index (χ0) is 19.7. The molecule has 3 rings (SSSR count). The number of carbonyl (C=O) groups is 2. The third kappa shape index (κ3) is 3.85. The Hall–Kier alpha value is -1.23. The SMILES string of the molecule is COCCSC1=NCC(SC2=C(C(=O)O)N3C(=O)[C@H]([C@@H](C)O)[C@H]3[C@H]2C)CN1. The minimum absolute atomic E-state index is 0.0728. The van der Waals surface area contributed by atoms with Crippen LogP contribution in [-0.2, 0) is 14.3 Å². The molecule has 150 valence electrons. The predicted molar refractivity (Wildman–Crippen MR) is 106 cm³/mol. The van der Waals surface area contributed by atoms with E-state index in [2.05, 4.69) is 10.3 Å². The van der Waals surface area contributed by atoms with Crippen LogP contribution in [0.2, 0.25) is 0 Å². The van der Waals surface area contributed by atoms with Gasteiger partial charge >= 0.3 is 5.97 Å². The average Bonchev–Trinajstić information content (AvgIpc) is 2.85. The predicted octanol–water partition coefficient (Wildman–Crippen LogP) is 0.581. The fourth-order valence-corrected chi connectivity index (χ4v) is 5.88. The standard InChI is InChI=1S/C17H25N3O5S2/c1-8-12-11(9(2)21)15(22)20(12)13(16(23)24)14(8)27-10-6-18-17(19-7-10)26-5-4-25-3/h8-12,21H,4-7H2,1-3H3,(H,18,19)(H,23,24)/t8-,9-,11-,12-/m1/s1. The van der Waals surface area contributed by atoms with Crippen molar-refractivity contribution in [2.75, 3.05) is 32.6 Å². The highest BCUT2D eigenvalue weighted by molar-refractivity contribution is 8.13. The summed E-state index contributed by atoms with van der Waals surface area (Å²) in [4.78, 5) is 30.8. The van der Waals surface area contributed by atoms with E-state index in [9.17, 15) is 19.8 Å². The summed E-state index contributed by atoms with van der Waals surface area (Å²) in [5.74, 6) is -1.21. The fraction of sp³-hybridized carbons (Fsp3) is 0.706. The summed E-state index contributed by atoms with van der Waals surface area (Å²) in [5, 5.41) is 23.8. The summed E-state index contributed by atoms with van der Waals surface area (Å²) in [6.45, 7) is 5.45. The number of β-lactam (4-membered cyclic amide) rings is 1. The molecule has 0 bridgehead atoms. The van der Waals surface area contributed by atoms with Crippen molar-refractivity contribution in [2.24, 2.45) is 16.8 Å². The number of amidine groups is 1. The highest BCUT2D eigenvalue weighted by Crippen LogP contribution is 2.51. The van der Waals surface area contributed by atoms with Crippen LogP contribution in [0.5, 0.6) is 0 Å². The molecule has 0 aromatic rings. The normalized spacial score (nSPS) is 31.2. The van der Waals surface area contributed by atoms with Crippen LogP contribution in [0.25, 0.3) is 0 Å². The molecule has 1 saturated heterocycles.